The second-order valence-corrected chi connectivity index (χ2v) is 15.0. The Morgan fingerprint density at radius 3 is 0.935 bits per heavy atom. The van der Waals surface area contributed by atoms with E-state index >= 15 is 0 Å². The molecule has 274 valence electrons. The van der Waals surface area contributed by atoms with E-state index in [2.05, 4.69) is 41.2 Å². The lowest BCUT2D eigenvalue weighted by atomic mass is 10.00. The van der Waals surface area contributed by atoms with Crippen LogP contribution in [0.3, 0.4) is 0 Å². The van der Waals surface area contributed by atoms with Gasteiger partial charge in [-0.25, -0.2) is 4.79 Å². The topological polar surface area (TPSA) is 26.3 Å². The lowest BCUT2D eigenvalue weighted by Crippen LogP contribution is -2.60. The minimum absolute atomic E-state index is 0.270. The Bertz CT molecular complexity index is 607. The van der Waals surface area contributed by atoms with E-state index in [-0.39, 0.29) is 5.97 Å². The zero-order chi connectivity index (χ0) is 34.0. The van der Waals surface area contributed by atoms with E-state index in [1.807, 2.05) is 0 Å². The standard InChI is InChI=1S/C43H86NO2/c1-7-11-13-15-17-19-21-23-25-27-29-31-33-35-37-39-41(5)44(10-4,46-43(45)9-3)42(6)40-38-36-34-32-30-28-26-24-22-20-18-16-14-12-8-2/h9,41-42H,3,7-8,10-40H2,1-2,4-6H3/q+1. The largest absolute Gasteiger partial charge is 0.389 e. The molecule has 2 unspecified atom stereocenters. The lowest BCUT2D eigenvalue weighted by Gasteiger charge is -2.43. The van der Waals surface area contributed by atoms with E-state index in [0.29, 0.717) is 16.7 Å². The first-order chi connectivity index (χ1) is 22.5. The summed E-state index contributed by atoms with van der Waals surface area (Å²) in [5, 5.41) is 0. The summed E-state index contributed by atoms with van der Waals surface area (Å²) in [5.74, 6) is -0.270. The zero-order valence-electron chi connectivity index (χ0n) is 32.5. The minimum atomic E-state index is -0.270. The summed E-state index contributed by atoms with van der Waals surface area (Å²) >= 11 is 0. The van der Waals surface area contributed by atoms with Gasteiger partial charge in [-0.15, -0.1) is 4.65 Å². The van der Waals surface area contributed by atoms with Crippen LogP contribution in [0, 0.1) is 0 Å². The van der Waals surface area contributed by atoms with Gasteiger partial charge >= 0.3 is 5.97 Å². The second kappa shape index (κ2) is 34.0. The molecule has 0 bridgehead atoms. The first-order valence-corrected chi connectivity index (χ1v) is 21.2. The Hall–Kier alpha value is -0.830. The van der Waals surface area contributed by atoms with Gasteiger partial charge in [0.1, 0.15) is 18.6 Å². The molecule has 0 aliphatic carbocycles. The highest BCUT2D eigenvalue weighted by molar-refractivity contribution is 5.80. The summed E-state index contributed by atoms with van der Waals surface area (Å²) in [6.07, 6.45) is 45.4. The summed E-state index contributed by atoms with van der Waals surface area (Å²) in [4.78, 5) is 18.7. The van der Waals surface area contributed by atoms with Crippen molar-refractivity contribution in [2.24, 2.45) is 0 Å². The van der Waals surface area contributed by atoms with Gasteiger partial charge in [-0.1, -0.05) is 200 Å². The maximum Gasteiger partial charge on any atom is 0.389 e. The molecule has 0 saturated heterocycles. The Morgan fingerprint density at radius 1 is 0.478 bits per heavy atom. The van der Waals surface area contributed by atoms with E-state index in [1.54, 1.807) is 0 Å². The van der Waals surface area contributed by atoms with Gasteiger partial charge in [0.15, 0.2) is 0 Å². The smallest absolute Gasteiger partial charge is 0.271 e. The van der Waals surface area contributed by atoms with Crippen LogP contribution in [0.25, 0.3) is 0 Å². The van der Waals surface area contributed by atoms with Crippen molar-refractivity contribution in [1.82, 2.24) is 0 Å². The Kier molecular flexibility index (Phi) is 33.4. The van der Waals surface area contributed by atoms with Crippen LogP contribution >= 0.6 is 0 Å². The average molecular weight is 649 g/mol. The molecule has 3 heteroatoms. The number of unbranched alkanes of at least 4 members (excludes halogenated alkanes) is 28. The maximum absolute atomic E-state index is 12.5. The molecule has 0 radical (unpaired) electrons. The average Bonchev–Trinajstić information content (AvgIpc) is 3.06. The first kappa shape index (κ1) is 45.2. The van der Waals surface area contributed by atoms with E-state index < -0.39 is 0 Å². The second-order valence-electron chi connectivity index (χ2n) is 15.0. The predicted molar refractivity (Wildman–Crippen MR) is 205 cm³/mol. The predicted octanol–water partition coefficient (Wildman–Crippen LogP) is 14.8. The zero-order valence-corrected chi connectivity index (χ0v) is 32.5. The quantitative estimate of drug-likeness (QED) is 0.0290. The van der Waals surface area contributed by atoms with Crippen molar-refractivity contribution in [2.45, 2.75) is 252 Å². The molecule has 0 amide bonds. The van der Waals surface area contributed by atoms with Gasteiger partial charge in [-0.2, -0.15) is 0 Å². The number of nitrogens with zero attached hydrogens (tertiary/aromatic N) is 1. The molecule has 0 aliphatic rings. The summed E-state index contributed by atoms with van der Waals surface area (Å²) in [6.45, 7) is 15.9. The van der Waals surface area contributed by atoms with Crippen LogP contribution in [0.1, 0.15) is 240 Å². The molecule has 0 aromatic heterocycles. The molecule has 0 aliphatic heterocycles. The number of rotatable bonds is 37. The van der Waals surface area contributed by atoms with Crippen molar-refractivity contribution in [1.29, 1.82) is 0 Å². The minimum Gasteiger partial charge on any atom is -0.271 e. The van der Waals surface area contributed by atoms with E-state index in [9.17, 15) is 4.79 Å². The molecule has 0 saturated carbocycles. The van der Waals surface area contributed by atoms with Gasteiger partial charge in [-0.05, 0) is 33.6 Å². The number of hydrogen-bond donors (Lipinski definition) is 0. The SMILES string of the molecule is C=CC(=O)O[N+](CC)(C(C)CCCCCCCCCCCCCCCCC)C(C)CCCCCCCCCCCCCCCCC. The van der Waals surface area contributed by atoms with E-state index in [0.717, 1.165) is 19.4 Å². The van der Waals surface area contributed by atoms with Crippen molar-refractivity contribution >= 4 is 5.97 Å². The fourth-order valence-electron chi connectivity index (χ4n) is 7.57. The van der Waals surface area contributed by atoms with E-state index in [4.69, 9.17) is 4.84 Å². The third kappa shape index (κ3) is 25.2. The molecule has 46 heavy (non-hydrogen) atoms. The number of quaternary nitrogens is 1. The number of carbonyl (C=O) groups is 1. The van der Waals surface area contributed by atoms with Crippen LogP contribution in [-0.2, 0) is 9.63 Å². The van der Waals surface area contributed by atoms with Crippen LogP contribution in [0.2, 0.25) is 0 Å². The van der Waals surface area contributed by atoms with Crippen molar-refractivity contribution < 1.29 is 14.3 Å². The molecule has 0 heterocycles. The molecule has 0 fully saturated rings. The summed E-state index contributed by atoms with van der Waals surface area (Å²) in [6, 6.07) is 0.643. The van der Waals surface area contributed by atoms with Crippen LogP contribution < -0.4 is 0 Å². The highest BCUT2D eigenvalue weighted by Crippen LogP contribution is 2.28. The third-order valence-corrected chi connectivity index (χ3v) is 10.9. The summed E-state index contributed by atoms with van der Waals surface area (Å²) < 4.78 is 0.460. The van der Waals surface area contributed by atoms with Gasteiger partial charge in [0.05, 0.1) is 0 Å². The molecule has 0 aromatic rings. The third-order valence-electron chi connectivity index (χ3n) is 10.9. The van der Waals surface area contributed by atoms with E-state index in [1.165, 1.54) is 199 Å². The van der Waals surface area contributed by atoms with Gasteiger partial charge < -0.3 is 0 Å². The molecule has 2 atom stereocenters. The van der Waals surface area contributed by atoms with Gasteiger partial charge in [0, 0.05) is 18.9 Å². The highest BCUT2D eigenvalue weighted by atomic mass is 16.7. The molecule has 0 N–H and O–H groups in total. The molecular formula is C43H86NO2+. The molecule has 0 rings (SSSR count). The maximum atomic E-state index is 12.5. The van der Waals surface area contributed by atoms with Crippen molar-refractivity contribution in [2.75, 3.05) is 6.54 Å². The van der Waals surface area contributed by atoms with Crippen molar-refractivity contribution in [3.8, 4) is 0 Å². The van der Waals surface area contributed by atoms with Crippen molar-refractivity contribution in [3.63, 3.8) is 0 Å². The van der Waals surface area contributed by atoms with Gasteiger partial charge in [0.25, 0.3) is 0 Å². The molecule has 0 spiro atoms. The fourth-order valence-corrected chi connectivity index (χ4v) is 7.57. The normalized spacial score (nSPS) is 14.2. The monoisotopic (exact) mass is 649 g/mol. The molecular weight excluding hydrogens is 562 g/mol. The number of hydrogen-bond acceptors (Lipinski definition) is 2. The lowest BCUT2D eigenvalue weighted by molar-refractivity contribution is -1.12. The van der Waals surface area contributed by atoms with Crippen LogP contribution in [0.15, 0.2) is 12.7 Å². The van der Waals surface area contributed by atoms with Gasteiger partial charge in [-0.3, -0.25) is 4.84 Å². The molecule has 0 aromatic carbocycles. The Balaban J connectivity index is 4.13. The van der Waals surface area contributed by atoms with Crippen LogP contribution in [0.4, 0.5) is 0 Å². The first-order valence-electron chi connectivity index (χ1n) is 21.2. The van der Waals surface area contributed by atoms with Crippen LogP contribution in [0.5, 0.6) is 0 Å². The summed E-state index contributed by atoms with van der Waals surface area (Å²) in [5.41, 5.74) is 0. The Labute approximate surface area is 291 Å². The fraction of sp³-hybridized carbons (Fsp3) is 0.930. The van der Waals surface area contributed by atoms with Crippen molar-refractivity contribution in [3.05, 3.63) is 12.7 Å². The Morgan fingerprint density at radius 2 is 0.717 bits per heavy atom. The van der Waals surface area contributed by atoms with Crippen LogP contribution in [-0.4, -0.2) is 29.2 Å². The number of hydroxylamine groups is 3. The summed E-state index contributed by atoms with van der Waals surface area (Å²) in [7, 11) is 0. The highest BCUT2D eigenvalue weighted by Gasteiger charge is 2.42. The number of carbonyl (C=O) groups excluding carboxylic acids is 1. The molecule has 3 nitrogen and oxygen atoms in total. The van der Waals surface area contributed by atoms with Gasteiger partial charge in [0.2, 0.25) is 0 Å².